The van der Waals surface area contributed by atoms with Crippen LogP contribution in [0.2, 0.25) is 0 Å². The molecule has 0 radical (unpaired) electrons. The van der Waals surface area contributed by atoms with Gasteiger partial charge in [-0.2, -0.15) is 0 Å². The van der Waals surface area contributed by atoms with E-state index >= 15 is 0 Å². The quantitative estimate of drug-likeness (QED) is 0.801. The SMILES string of the molecule is CCCNc1nccc(C(=O)Nc2ccc(C(C)=O)cc2)n1. The van der Waals surface area contributed by atoms with Crippen LogP contribution in [0.3, 0.4) is 0 Å². The molecule has 0 saturated heterocycles. The first kappa shape index (κ1) is 15.6. The van der Waals surface area contributed by atoms with Gasteiger partial charge in [0.2, 0.25) is 5.95 Å². The van der Waals surface area contributed by atoms with Gasteiger partial charge < -0.3 is 10.6 Å². The molecule has 0 fully saturated rings. The predicted molar refractivity (Wildman–Crippen MR) is 85.2 cm³/mol. The van der Waals surface area contributed by atoms with Crippen molar-refractivity contribution >= 4 is 23.3 Å². The number of Topliss-reactive ketones (excluding diaryl/α,β-unsaturated/α-hetero) is 1. The maximum atomic E-state index is 12.2. The summed E-state index contributed by atoms with van der Waals surface area (Å²) >= 11 is 0. The number of nitrogens with zero attached hydrogens (tertiary/aromatic N) is 2. The van der Waals surface area contributed by atoms with Crippen molar-refractivity contribution in [2.24, 2.45) is 0 Å². The molecule has 0 aliphatic heterocycles. The highest BCUT2D eigenvalue weighted by molar-refractivity contribution is 6.03. The van der Waals surface area contributed by atoms with Crippen molar-refractivity contribution in [3.8, 4) is 0 Å². The topological polar surface area (TPSA) is 84.0 Å². The molecule has 114 valence electrons. The Balaban J connectivity index is 2.06. The molecule has 6 heteroatoms. The summed E-state index contributed by atoms with van der Waals surface area (Å²) in [6.07, 6.45) is 2.49. The molecule has 0 aliphatic carbocycles. The van der Waals surface area contributed by atoms with E-state index in [1.807, 2.05) is 6.92 Å². The van der Waals surface area contributed by atoms with Crippen LogP contribution in [0.5, 0.6) is 0 Å². The van der Waals surface area contributed by atoms with Gasteiger partial charge in [-0.1, -0.05) is 6.92 Å². The fourth-order valence-electron chi connectivity index (χ4n) is 1.79. The van der Waals surface area contributed by atoms with Crippen LogP contribution in [0.25, 0.3) is 0 Å². The summed E-state index contributed by atoms with van der Waals surface area (Å²) in [7, 11) is 0. The van der Waals surface area contributed by atoms with Gasteiger partial charge in [0.15, 0.2) is 5.78 Å². The zero-order valence-corrected chi connectivity index (χ0v) is 12.6. The lowest BCUT2D eigenvalue weighted by Gasteiger charge is -2.07. The fourth-order valence-corrected chi connectivity index (χ4v) is 1.79. The highest BCUT2D eigenvalue weighted by atomic mass is 16.2. The highest BCUT2D eigenvalue weighted by Crippen LogP contribution is 2.11. The molecule has 0 saturated carbocycles. The molecule has 1 aromatic carbocycles. The molecule has 1 heterocycles. The van der Waals surface area contributed by atoms with Gasteiger partial charge in [-0.05, 0) is 43.7 Å². The smallest absolute Gasteiger partial charge is 0.274 e. The zero-order valence-electron chi connectivity index (χ0n) is 12.6. The molecule has 0 bridgehead atoms. The Morgan fingerprint density at radius 1 is 1.14 bits per heavy atom. The maximum absolute atomic E-state index is 12.2. The van der Waals surface area contributed by atoms with Crippen molar-refractivity contribution in [1.29, 1.82) is 0 Å². The third-order valence-electron chi connectivity index (χ3n) is 2.97. The van der Waals surface area contributed by atoms with Gasteiger partial charge in [-0.15, -0.1) is 0 Å². The van der Waals surface area contributed by atoms with Gasteiger partial charge in [-0.25, -0.2) is 9.97 Å². The average molecular weight is 298 g/mol. The summed E-state index contributed by atoms with van der Waals surface area (Å²) in [5.74, 6) is 0.0965. The fraction of sp³-hybridized carbons (Fsp3) is 0.250. The first-order valence-corrected chi connectivity index (χ1v) is 7.09. The van der Waals surface area contributed by atoms with E-state index in [-0.39, 0.29) is 17.4 Å². The van der Waals surface area contributed by atoms with Crippen LogP contribution in [0.1, 0.15) is 41.1 Å². The number of benzene rings is 1. The van der Waals surface area contributed by atoms with Gasteiger partial charge in [0.25, 0.3) is 5.91 Å². The summed E-state index contributed by atoms with van der Waals surface area (Å²) in [5.41, 5.74) is 1.49. The second kappa shape index (κ2) is 7.31. The largest absolute Gasteiger partial charge is 0.354 e. The lowest BCUT2D eigenvalue weighted by molar-refractivity contribution is 0.101. The summed E-state index contributed by atoms with van der Waals surface area (Å²) in [5, 5.41) is 5.77. The molecule has 0 atom stereocenters. The molecule has 1 aromatic heterocycles. The van der Waals surface area contributed by atoms with Gasteiger partial charge >= 0.3 is 0 Å². The molecule has 2 rings (SSSR count). The van der Waals surface area contributed by atoms with E-state index < -0.39 is 0 Å². The van der Waals surface area contributed by atoms with E-state index in [0.717, 1.165) is 13.0 Å². The van der Waals surface area contributed by atoms with Crippen molar-refractivity contribution in [3.63, 3.8) is 0 Å². The molecule has 22 heavy (non-hydrogen) atoms. The van der Waals surface area contributed by atoms with Gasteiger partial charge in [0.1, 0.15) is 5.69 Å². The van der Waals surface area contributed by atoms with Gasteiger partial charge in [0.05, 0.1) is 0 Å². The summed E-state index contributed by atoms with van der Waals surface area (Å²) < 4.78 is 0. The standard InChI is InChI=1S/C16H18N4O2/c1-3-9-17-16-18-10-8-14(20-16)15(22)19-13-6-4-12(5-7-13)11(2)21/h4-8,10H,3,9H2,1-2H3,(H,19,22)(H,17,18,20). The van der Waals surface area contributed by atoms with Crippen LogP contribution in [-0.2, 0) is 0 Å². The lowest BCUT2D eigenvalue weighted by atomic mass is 10.1. The molecular formula is C16H18N4O2. The summed E-state index contributed by atoms with van der Waals surface area (Å²) in [4.78, 5) is 31.6. The molecule has 2 N–H and O–H groups in total. The Kier molecular flexibility index (Phi) is 5.19. The Labute approximate surface area is 129 Å². The number of hydrogen-bond donors (Lipinski definition) is 2. The van der Waals surface area contributed by atoms with Crippen molar-refractivity contribution < 1.29 is 9.59 Å². The Morgan fingerprint density at radius 2 is 1.86 bits per heavy atom. The third-order valence-corrected chi connectivity index (χ3v) is 2.97. The second-order valence-corrected chi connectivity index (χ2v) is 4.78. The highest BCUT2D eigenvalue weighted by Gasteiger charge is 2.09. The lowest BCUT2D eigenvalue weighted by Crippen LogP contribution is -2.15. The molecule has 6 nitrogen and oxygen atoms in total. The number of ketones is 1. The number of rotatable bonds is 6. The van der Waals surface area contributed by atoms with E-state index in [9.17, 15) is 9.59 Å². The molecule has 0 unspecified atom stereocenters. The van der Waals surface area contributed by atoms with Crippen LogP contribution in [-0.4, -0.2) is 28.2 Å². The minimum atomic E-state index is -0.322. The summed E-state index contributed by atoms with van der Waals surface area (Å²) in [6.45, 7) is 4.28. The average Bonchev–Trinajstić information content (AvgIpc) is 2.53. The third kappa shape index (κ3) is 4.12. The van der Waals surface area contributed by atoms with Crippen molar-refractivity contribution in [2.45, 2.75) is 20.3 Å². The number of aromatic nitrogens is 2. The van der Waals surface area contributed by atoms with Crippen molar-refractivity contribution in [2.75, 3.05) is 17.2 Å². The molecule has 0 spiro atoms. The van der Waals surface area contributed by atoms with E-state index in [4.69, 9.17) is 0 Å². The predicted octanol–water partition coefficient (Wildman–Crippen LogP) is 2.75. The number of carbonyl (C=O) groups is 2. The second-order valence-electron chi connectivity index (χ2n) is 4.78. The molecule has 0 aliphatic rings. The Morgan fingerprint density at radius 3 is 2.50 bits per heavy atom. The zero-order chi connectivity index (χ0) is 15.9. The molecule has 2 aromatic rings. The van der Waals surface area contributed by atoms with Crippen LogP contribution in [0, 0.1) is 0 Å². The normalized spacial score (nSPS) is 10.1. The van der Waals surface area contributed by atoms with E-state index in [1.54, 1.807) is 36.5 Å². The van der Waals surface area contributed by atoms with E-state index in [1.165, 1.54) is 6.92 Å². The maximum Gasteiger partial charge on any atom is 0.274 e. The van der Waals surface area contributed by atoms with Crippen LogP contribution >= 0.6 is 0 Å². The van der Waals surface area contributed by atoms with E-state index in [0.29, 0.717) is 17.2 Å². The minimum Gasteiger partial charge on any atom is -0.354 e. The number of nitrogens with one attached hydrogen (secondary N) is 2. The van der Waals surface area contributed by atoms with Gasteiger partial charge in [-0.3, -0.25) is 9.59 Å². The number of carbonyl (C=O) groups excluding carboxylic acids is 2. The molecular weight excluding hydrogens is 280 g/mol. The van der Waals surface area contributed by atoms with Gasteiger partial charge in [0, 0.05) is 24.0 Å². The number of amides is 1. The first-order chi connectivity index (χ1) is 10.6. The van der Waals surface area contributed by atoms with Crippen LogP contribution in [0.4, 0.5) is 11.6 Å². The molecule has 1 amide bonds. The monoisotopic (exact) mass is 298 g/mol. The van der Waals surface area contributed by atoms with Crippen molar-refractivity contribution in [1.82, 2.24) is 9.97 Å². The Hall–Kier alpha value is -2.76. The summed E-state index contributed by atoms with van der Waals surface area (Å²) in [6, 6.07) is 8.27. The van der Waals surface area contributed by atoms with Crippen LogP contribution < -0.4 is 10.6 Å². The number of hydrogen-bond acceptors (Lipinski definition) is 5. The van der Waals surface area contributed by atoms with Crippen molar-refractivity contribution in [3.05, 3.63) is 47.8 Å². The Bertz CT molecular complexity index is 668. The first-order valence-electron chi connectivity index (χ1n) is 7.09. The van der Waals surface area contributed by atoms with E-state index in [2.05, 4.69) is 20.6 Å². The minimum absolute atomic E-state index is 0.0136. The van der Waals surface area contributed by atoms with Crippen LogP contribution in [0.15, 0.2) is 36.5 Å². The number of anilines is 2.